The molecule has 0 saturated carbocycles. The molecule has 4 nitrogen and oxygen atoms in total. The minimum Gasteiger partial charge on any atom is -0.361 e. The van der Waals surface area contributed by atoms with E-state index in [1.807, 2.05) is 37.4 Å². The van der Waals surface area contributed by atoms with Gasteiger partial charge in [-0.3, -0.25) is 10.1 Å². The summed E-state index contributed by atoms with van der Waals surface area (Å²) >= 11 is 0. The van der Waals surface area contributed by atoms with Crippen LogP contribution in [0.4, 0.5) is 0 Å². The first kappa shape index (κ1) is 10.7. The van der Waals surface area contributed by atoms with E-state index in [4.69, 9.17) is 0 Å². The van der Waals surface area contributed by atoms with Gasteiger partial charge in [-0.05, 0) is 11.6 Å². The highest BCUT2D eigenvalue weighted by atomic mass is 16.6. The van der Waals surface area contributed by atoms with Crippen LogP contribution in [0.3, 0.4) is 0 Å². The number of rotatable bonds is 4. The molecular weight excluding hydrogens is 204 g/mol. The lowest BCUT2D eigenvalue weighted by Crippen LogP contribution is -2.20. The molecule has 0 radical (unpaired) electrons. The molecule has 1 N–H and O–H groups in total. The second kappa shape index (κ2) is 4.35. The lowest BCUT2D eigenvalue weighted by atomic mass is 10.0. The molecule has 0 amide bonds. The molecule has 1 aromatic carbocycles. The van der Waals surface area contributed by atoms with Gasteiger partial charge in [-0.1, -0.05) is 25.1 Å². The summed E-state index contributed by atoms with van der Waals surface area (Å²) in [4.78, 5) is 13.7. The van der Waals surface area contributed by atoms with Gasteiger partial charge in [0.1, 0.15) is 0 Å². The summed E-state index contributed by atoms with van der Waals surface area (Å²) < 4.78 is 0. The number of para-hydroxylation sites is 1. The number of fused-ring (bicyclic) bond motifs is 1. The predicted octanol–water partition coefficient (Wildman–Crippen LogP) is 2.77. The number of benzene rings is 1. The molecule has 0 spiro atoms. The molecule has 84 valence electrons. The van der Waals surface area contributed by atoms with Crippen LogP contribution in [0, 0.1) is 10.1 Å². The first-order valence-corrected chi connectivity index (χ1v) is 5.41. The van der Waals surface area contributed by atoms with Crippen molar-refractivity contribution in [2.45, 2.75) is 25.8 Å². The number of hydrogen-bond acceptors (Lipinski definition) is 2. The summed E-state index contributed by atoms with van der Waals surface area (Å²) in [5.41, 5.74) is 2.06. The van der Waals surface area contributed by atoms with Crippen LogP contribution in [-0.4, -0.2) is 15.9 Å². The van der Waals surface area contributed by atoms with Crippen LogP contribution in [0.25, 0.3) is 10.9 Å². The molecule has 1 atom stereocenters. The number of hydrogen-bond donors (Lipinski definition) is 1. The molecule has 0 aliphatic carbocycles. The van der Waals surface area contributed by atoms with Crippen LogP contribution >= 0.6 is 0 Å². The van der Waals surface area contributed by atoms with Crippen molar-refractivity contribution in [3.8, 4) is 0 Å². The summed E-state index contributed by atoms with van der Waals surface area (Å²) in [6, 6.07) is 7.39. The van der Waals surface area contributed by atoms with Crippen LogP contribution in [0.5, 0.6) is 0 Å². The highest BCUT2D eigenvalue weighted by molar-refractivity contribution is 5.83. The molecule has 1 unspecified atom stereocenters. The zero-order valence-electron chi connectivity index (χ0n) is 9.14. The molecule has 16 heavy (non-hydrogen) atoms. The van der Waals surface area contributed by atoms with Gasteiger partial charge < -0.3 is 4.98 Å². The second-order valence-electron chi connectivity index (χ2n) is 3.91. The number of nitrogens with one attached hydrogen (secondary N) is 1. The summed E-state index contributed by atoms with van der Waals surface area (Å²) in [7, 11) is 0. The fraction of sp³-hybridized carbons (Fsp3) is 0.333. The quantitative estimate of drug-likeness (QED) is 0.633. The largest absolute Gasteiger partial charge is 0.361 e. The van der Waals surface area contributed by atoms with E-state index in [1.165, 1.54) is 0 Å². The third-order valence-corrected chi connectivity index (χ3v) is 2.90. The van der Waals surface area contributed by atoms with Crippen LogP contribution in [-0.2, 0) is 6.42 Å². The Labute approximate surface area is 93.4 Å². The van der Waals surface area contributed by atoms with Gasteiger partial charge in [-0.25, -0.2) is 0 Å². The van der Waals surface area contributed by atoms with Gasteiger partial charge in [0.2, 0.25) is 6.04 Å². The van der Waals surface area contributed by atoms with Crippen molar-refractivity contribution >= 4 is 10.9 Å². The van der Waals surface area contributed by atoms with Crippen LogP contribution in [0.15, 0.2) is 30.5 Å². The topological polar surface area (TPSA) is 58.9 Å². The Hall–Kier alpha value is -1.84. The Morgan fingerprint density at radius 3 is 2.88 bits per heavy atom. The van der Waals surface area contributed by atoms with E-state index < -0.39 is 6.04 Å². The molecule has 4 heteroatoms. The highest BCUT2D eigenvalue weighted by Gasteiger charge is 2.19. The smallest absolute Gasteiger partial charge is 0.216 e. The van der Waals surface area contributed by atoms with Crippen LogP contribution in [0.1, 0.15) is 18.9 Å². The third-order valence-electron chi connectivity index (χ3n) is 2.90. The SMILES string of the molecule is CCC(Cc1c[nH]c2ccccc12)[N+](=O)[O-]. The molecule has 0 aliphatic heterocycles. The first-order valence-electron chi connectivity index (χ1n) is 5.41. The van der Waals surface area contributed by atoms with Crippen molar-refractivity contribution in [2.75, 3.05) is 0 Å². The number of aromatic amines is 1. The van der Waals surface area contributed by atoms with E-state index in [2.05, 4.69) is 4.98 Å². The van der Waals surface area contributed by atoms with E-state index in [9.17, 15) is 10.1 Å². The lowest BCUT2D eigenvalue weighted by molar-refractivity contribution is -0.522. The van der Waals surface area contributed by atoms with E-state index in [0.717, 1.165) is 16.5 Å². The van der Waals surface area contributed by atoms with E-state index >= 15 is 0 Å². The van der Waals surface area contributed by atoms with Gasteiger partial charge in [0.05, 0.1) is 0 Å². The van der Waals surface area contributed by atoms with E-state index in [0.29, 0.717) is 12.8 Å². The van der Waals surface area contributed by atoms with Crippen molar-refractivity contribution in [3.63, 3.8) is 0 Å². The number of nitro groups is 1. The zero-order chi connectivity index (χ0) is 11.5. The van der Waals surface area contributed by atoms with Crippen molar-refractivity contribution in [1.82, 2.24) is 4.98 Å². The maximum atomic E-state index is 10.8. The first-order chi connectivity index (χ1) is 7.72. The van der Waals surface area contributed by atoms with Gasteiger partial charge in [-0.2, -0.15) is 0 Å². The maximum absolute atomic E-state index is 10.8. The van der Waals surface area contributed by atoms with Crippen LogP contribution in [0.2, 0.25) is 0 Å². The Morgan fingerprint density at radius 2 is 2.19 bits per heavy atom. The molecular formula is C12H14N2O2. The monoisotopic (exact) mass is 218 g/mol. The Morgan fingerprint density at radius 1 is 1.44 bits per heavy atom. The number of aromatic nitrogens is 1. The van der Waals surface area contributed by atoms with Gasteiger partial charge in [0.15, 0.2) is 0 Å². The summed E-state index contributed by atoms with van der Waals surface area (Å²) in [5.74, 6) is 0. The molecule has 2 aromatic rings. The summed E-state index contributed by atoms with van der Waals surface area (Å²) in [5, 5.41) is 11.9. The molecule has 0 fully saturated rings. The molecule has 0 aliphatic rings. The van der Waals surface area contributed by atoms with E-state index in [1.54, 1.807) is 0 Å². The van der Waals surface area contributed by atoms with Gasteiger partial charge in [0.25, 0.3) is 0 Å². The Balaban J connectivity index is 2.30. The third kappa shape index (κ3) is 1.91. The molecule has 2 rings (SSSR count). The summed E-state index contributed by atoms with van der Waals surface area (Å²) in [6.45, 7) is 1.85. The van der Waals surface area contributed by atoms with Gasteiger partial charge in [0, 0.05) is 34.9 Å². The highest BCUT2D eigenvalue weighted by Crippen LogP contribution is 2.20. The second-order valence-corrected chi connectivity index (χ2v) is 3.91. The molecule has 1 aromatic heterocycles. The number of nitrogens with zero attached hydrogens (tertiary/aromatic N) is 1. The predicted molar refractivity (Wildman–Crippen MR) is 63.1 cm³/mol. The average molecular weight is 218 g/mol. The summed E-state index contributed by atoms with van der Waals surface area (Å²) in [6.07, 6.45) is 2.93. The van der Waals surface area contributed by atoms with Crippen molar-refractivity contribution < 1.29 is 4.92 Å². The van der Waals surface area contributed by atoms with Crippen LogP contribution < -0.4 is 0 Å². The molecule has 0 bridgehead atoms. The Kier molecular flexibility index (Phi) is 2.90. The zero-order valence-corrected chi connectivity index (χ0v) is 9.14. The lowest BCUT2D eigenvalue weighted by Gasteiger charge is -2.05. The minimum absolute atomic E-state index is 0.193. The van der Waals surface area contributed by atoms with Gasteiger partial charge in [-0.15, -0.1) is 0 Å². The molecule has 1 heterocycles. The maximum Gasteiger partial charge on any atom is 0.216 e. The van der Waals surface area contributed by atoms with E-state index in [-0.39, 0.29) is 4.92 Å². The fourth-order valence-corrected chi connectivity index (χ4v) is 1.92. The fourth-order valence-electron chi connectivity index (χ4n) is 1.92. The number of H-pyrrole nitrogens is 1. The van der Waals surface area contributed by atoms with Crippen molar-refractivity contribution in [2.24, 2.45) is 0 Å². The molecule has 0 saturated heterocycles. The minimum atomic E-state index is -0.487. The van der Waals surface area contributed by atoms with Crippen molar-refractivity contribution in [1.29, 1.82) is 0 Å². The van der Waals surface area contributed by atoms with Gasteiger partial charge >= 0.3 is 0 Å². The Bertz CT molecular complexity index is 504. The normalized spacial score (nSPS) is 12.8. The van der Waals surface area contributed by atoms with Crippen molar-refractivity contribution in [3.05, 3.63) is 46.1 Å². The average Bonchev–Trinajstić information content (AvgIpc) is 2.69. The standard InChI is InChI=1S/C12H14N2O2/c1-2-10(14(15)16)7-9-8-13-12-6-4-3-5-11(9)12/h3-6,8,10,13H,2,7H2,1H3.